The number of hydrogen-bond acceptors (Lipinski definition) is 4. The molecule has 0 saturated heterocycles. The number of halogens is 2. The maximum Gasteiger partial charge on any atom is 0.252 e. The molecule has 1 heterocycles. The maximum absolute atomic E-state index is 12.0. The van der Waals surface area contributed by atoms with Crippen molar-refractivity contribution in [2.45, 2.75) is 13.0 Å². The first kappa shape index (κ1) is 24.3. The molecule has 0 aliphatic heterocycles. The molecule has 2 rings (SSSR count). The van der Waals surface area contributed by atoms with Crippen molar-refractivity contribution in [2.75, 3.05) is 33.3 Å². The number of carbonyl (C=O) groups is 1. The van der Waals surface area contributed by atoms with Crippen molar-refractivity contribution >= 4 is 47.4 Å². The Kier molecular flexibility index (Phi) is 12.3. The topological polar surface area (TPSA) is 87.9 Å². The van der Waals surface area contributed by atoms with E-state index in [1.165, 1.54) is 0 Å². The van der Waals surface area contributed by atoms with Crippen LogP contribution in [0.2, 0.25) is 5.02 Å². The molecule has 0 radical (unpaired) electrons. The molecular formula is C19H26ClIN4O3. The van der Waals surface area contributed by atoms with Gasteiger partial charge in [0.1, 0.15) is 12.4 Å². The molecule has 0 unspecified atom stereocenters. The number of ether oxygens (including phenoxy) is 1. The van der Waals surface area contributed by atoms with Crippen molar-refractivity contribution in [1.82, 2.24) is 16.0 Å². The molecule has 0 fully saturated rings. The van der Waals surface area contributed by atoms with E-state index in [0.29, 0.717) is 42.8 Å². The number of hydrogen-bond donors (Lipinski definition) is 3. The number of rotatable bonds is 10. The molecule has 7 nitrogen and oxygen atoms in total. The van der Waals surface area contributed by atoms with E-state index >= 15 is 0 Å². The number of nitrogens with one attached hydrogen (secondary N) is 3. The highest BCUT2D eigenvalue weighted by atomic mass is 127. The van der Waals surface area contributed by atoms with Crippen LogP contribution in [0.25, 0.3) is 0 Å². The summed E-state index contributed by atoms with van der Waals surface area (Å²) in [4.78, 5) is 16.2. The monoisotopic (exact) mass is 520 g/mol. The Labute approximate surface area is 187 Å². The molecular weight excluding hydrogens is 495 g/mol. The highest BCUT2D eigenvalue weighted by Crippen LogP contribution is 2.14. The predicted molar refractivity (Wildman–Crippen MR) is 122 cm³/mol. The van der Waals surface area contributed by atoms with Crippen LogP contribution in [0.15, 0.2) is 52.1 Å². The van der Waals surface area contributed by atoms with Gasteiger partial charge >= 0.3 is 0 Å². The fourth-order valence-electron chi connectivity index (χ4n) is 2.27. The van der Waals surface area contributed by atoms with Gasteiger partial charge in [-0.1, -0.05) is 23.7 Å². The van der Waals surface area contributed by atoms with Crippen molar-refractivity contribution in [3.8, 4) is 0 Å². The molecule has 0 atom stereocenters. The van der Waals surface area contributed by atoms with E-state index in [4.69, 9.17) is 20.8 Å². The lowest BCUT2D eigenvalue weighted by Gasteiger charge is -2.12. The maximum atomic E-state index is 12.0. The molecule has 0 saturated carbocycles. The van der Waals surface area contributed by atoms with Crippen LogP contribution < -0.4 is 16.0 Å². The molecule has 2 aromatic rings. The van der Waals surface area contributed by atoms with Crippen LogP contribution in [0.4, 0.5) is 0 Å². The standard InChI is InChI=1S/C19H25ClN4O3.HI/c1-21-19(23-9-5-12-26-14-15-6-4-13-27-15)24-11-10-22-18(25)16-7-2-3-8-17(16)20;/h2-4,6-8,13H,5,9-12,14H2,1H3,(H,22,25)(H2,21,23,24);1H. The van der Waals surface area contributed by atoms with Gasteiger partial charge in [0.15, 0.2) is 5.96 Å². The normalized spacial score (nSPS) is 10.9. The molecule has 9 heteroatoms. The Hall–Kier alpha value is -1.78. The minimum Gasteiger partial charge on any atom is -0.467 e. The third-order valence-corrected chi connectivity index (χ3v) is 3.96. The van der Waals surface area contributed by atoms with E-state index in [1.807, 2.05) is 12.1 Å². The van der Waals surface area contributed by atoms with Crippen molar-refractivity contribution < 1.29 is 13.9 Å². The second-order valence-electron chi connectivity index (χ2n) is 5.65. The van der Waals surface area contributed by atoms with Gasteiger partial charge in [0.2, 0.25) is 0 Å². The van der Waals surface area contributed by atoms with E-state index in [1.54, 1.807) is 37.6 Å². The fourth-order valence-corrected chi connectivity index (χ4v) is 2.49. The zero-order valence-corrected chi connectivity index (χ0v) is 18.8. The molecule has 1 aromatic heterocycles. The first-order valence-corrected chi connectivity index (χ1v) is 9.16. The Morgan fingerprint density at radius 3 is 2.57 bits per heavy atom. The average molecular weight is 521 g/mol. The van der Waals surface area contributed by atoms with Crippen molar-refractivity contribution in [3.63, 3.8) is 0 Å². The largest absolute Gasteiger partial charge is 0.467 e. The lowest BCUT2D eigenvalue weighted by Crippen LogP contribution is -2.42. The Bertz CT molecular complexity index is 726. The summed E-state index contributed by atoms with van der Waals surface area (Å²) in [6, 6.07) is 10.7. The van der Waals surface area contributed by atoms with Gasteiger partial charge in [-0.3, -0.25) is 9.79 Å². The van der Waals surface area contributed by atoms with Gasteiger partial charge in [0, 0.05) is 33.3 Å². The summed E-state index contributed by atoms with van der Waals surface area (Å²) in [7, 11) is 1.70. The van der Waals surface area contributed by atoms with E-state index in [2.05, 4.69) is 20.9 Å². The van der Waals surface area contributed by atoms with Crippen LogP contribution in [0.1, 0.15) is 22.5 Å². The fraction of sp³-hybridized carbons (Fsp3) is 0.368. The molecule has 0 spiro atoms. The molecule has 1 aromatic carbocycles. The van der Waals surface area contributed by atoms with Crippen LogP contribution in [0.5, 0.6) is 0 Å². The van der Waals surface area contributed by atoms with Gasteiger partial charge in [-0.15, -0.1) is 24.0 Å². The summed E-state index contributed by atoms with van der Waals surface area (Å²) in [5.41, 5.74) is 0.469. The van der Waals surface area contributed by atoms with E-state index < -0.39 is 0 Å². The van der Waals surface area contributed by atoms with Crippen LogP contribution in [0.3, 0.4) is 0 Å². The van der Waals surface area contributed by atoms with Crippen molar-refractivity contribution in [3.05, 3.63) is 59.0 Å². The number of benzene rings is 1. The average Bonchev–Trinajstić information content (AvgIpc) is 3.19. The molecule has 154 valence electrons. The highest BCUT2D eigenvalue weighted by molar-refractivity contribution is 14.0. The summed E-state index contributed by atoms with van der Waals surface area (Å²) in [5, 5.41) is 9.59. The first-order valence-electron chi connectivity index (χ1n) is 8.78. The summed E-state index contributed by atoms with van der Waals surface area (Å²) in [6.45, 7) is 2.83. The zero-order chi connectivity index (χ0) is 19.3. The van der Waals surface area contributed by atoms with Crippen molar-refractivity contribution in [1.29, 1.82) is 0 Å². The number of guanidine groups is 1. The van der Waals surface area contributed by atoms with Crippen LogP contribution in [-0.2, 0) is 11.3 Å². The van der Waals surface area contributed by atoms with Crippen LogP contribution in [0, 0.1) is 0 Å². The molecule has 0 aliphatic rings. The number of furan rings is 1. The van der Waals surface area contributed by atoms with E-state index in [0.717, 1.165) is 18.7 Å². The molecule has 0 bridgehead atoms. The summed E-state index contributed by atoms with van der Waals surface area (Å²) in [6.07, 6.45) is 2.47. The summed E-state index contributed by atoms with van der Waals surface area (Å²) in [5.74, 6) is 1.30. The summed E-state index contributed by atoms with van der Waals surface area (Å²) < 4.78 is 10.7. The van der Waals surface area contributed by atoms with Gasteiger partial charge in [-0.05, 0) is 30.7 Å². The van der Waals surface area contributed by atoms with E-state index in [9.17, 15) is 4.79 Å². The number of aliphatic imine (C=N–C) groups is 1. The highest BCUT2D eigenvalue weighted by Gasteiger charge is 2.08. The van der Waals surface area contributed by atoms with Gasteiger partial charge in [0.05, 0.1) is 16.8 Å². The van der Waals surface area contributed by atoms with Crippen LogP contribution in [-0.4, -0.2) is 45.2 Å². The lowest BCUT2D eigenvalue weighted by molar-refractivity contribution is 0.0954. The Morgan fingerprint density at radius 1 is 1.11 bits per heavy atom. The minimum absolute atomic E-state index is 0. The predicted octanol–water partition coefficient (Wildman–Crippen LogP) is 3.05. The zero-order valence-electron chi connectivity index (χ0n) is 15.7. The van der Waals surface area contributed by atoms with Gasteiger partial charge < -0.3 is 25.1 Å². The Morgan fingerprint density at radius 2 is 1.86 bits per heavy atom. The molecule has 28 heavy (non-hydrogen) atoms. The van der Waals surface area contributed by atoms with Crippen molar-refractivity contribution in [2.24, 2.45) is 4.99 Å². The first-order chi connectivity index (χ1) is 13.2. The number of nitrogens with zero attached hydrogens (tertiary/aromatic N) is 1. The van der Waals surface area contributed by atoms with Gasteiger partial charge in [-0.2, -0.15) is 0 Å². The number of amides is 1. The lowest BCUT2D eigenvalue weighted by atomic mass is 10.2. The molecule has 1 amide bonds. The summed E-state index contributed by atoms with van der Waals surface area (Å²) >= 11 is 6.01. The Balaban J connectivity index is 0.00000392. The molecule has 3 N–H and O–H groups in total. The second-order valence-corrected chi connectivity index (χ2v) is 6.05. The van der Waals surface area contributed by atoms with Gasteiger partial charge in [-0.25, -0.2) is 0 Å². The molecule has 0 aliphatic carbocycles. The third kappa shape index (κ3) is 8.94. The second kappa shape index (κ2) is 14.3. The van der Waals surface area contributed by atoms with E-state index in [-0.39, 0.29) is 29.9 Å². The number of carbonyl (C=O) groups excluding carboxylic acids is 1. The third-order valence-electron chi connectivity index (χ3n) is 3.63. The minimum atomic E-state index is -0.195. The van der Waals surface area contributed by atoms with Crippen LogP contribution >= 0.6 is 35.6 Å². The SMILES string of the molecule is CN=C(NCCCOCc1ccco1)NCCNC(=O)c1ccccc1Cl.I. The quantitative estimate of drug-likeness (QED) is 0.194. The smallest absolute Gasteiger partial charge is 0.252 e. The van der Waals surface area contributed by atoms with Gasteiger partial charge in [0.25, 0.3) is 5.91 Å².